The minimum Gasteiger partial charge on any atom is -0.447 e. The fraction of sp³-hybridized carbons (Fsp3) is 0.900. The third kappa shape index (κ3) is 1.64. The van der Waals surface area contributed by atoms with Crippen LogP contribution in [0.2, 0.25) is 0 Å². The summed E-state index contributed by atoms with van der Waals surface area (Å²) in [5.74, 6) is -0.424. The molecule has 2 atom stereocenters. The lowest BCUT2D eigenvalue weighted by atomic mass is 10.1. The number of carbonyl (C=O) groups excluding carboxylic acids is 1. The Morgan fingerprint density at radius 2 is 2.12 bits per heavy atom. The summed E-state index contributed by atoms with van der Waals surface area (Å²) in [4.78, 5) is 12.6. The molecule has 1 saturated heterocycles. The standard InChI is InChI=1S/C10H14F3NO2/c1-6(2)16-8(15)14-4-7-3-9(7,5-14)10(11,12)13/h6-7H,3-5H2,1-2H3. The molecule has 0 radical (unpaired) electrons. The fourth-order valence-corrected chi connectivity index (χ4v) is 2.34. The highest BCUT2D eigenvalue weighted by Crippen LogP contribution is 2.66. The molecule has 0 aromatic rings. The molecule has 16 heavy (non-hydrogen) atoms. The van der Waals surface area contributed by atoms with Crippen LogP contribution in [0.1, 0.15) is 20.3 Å². The van der Waals surface area contributed by atoms with Crippen molar-refractivity contribution in [2.24, 2.45) is 11.3 Å². The summed E-state index contributed by atoms with van der Waals surface area (Å²) in [6, 6.07) is 0. The first-order valence-corrected chi connectivity index (χ1v) is 5.28. The summed E-state index contributed by atoms with van der Waals surface area (Å²) < 4.78 is 43.0. The topological polar surface area (TPSA) is 29.5 Å². The molecule has 1 amide bonds. The lowest BCUT2D eigenvalue weighted by Crippen LogP contribution is -2.37. The molecule has 0 N–H and O–H groups in total. The molecule has 92 valence electrons. The number of rotatable bonds is 1. The van der Waals surface area contributed by atoms with E-state index in [0.717, 1.165) is 0 Å². The summed E-state index contributed by atoms with van der Waals surface area (Å²) >= 11 is 0. The van der Waals surface area contributed by atoms with E-state index in [-0.39, 0.29) is 25.6 Å². The van der Waals surface area contributed by atoms with E-state index in [1.165, 1.54) is 4.90 Å². The zero-order valence-electron chi connectivity index (χ0n) is 9.17. The SMILES string of the molecule is CC(C)OC(=O)N1CC2CC2(C(F)(F)F)C1. The Balaban J connectivity index is 1.98. The minimum atomic E-state index is -4.20. The molecule has 0 bridgehead atoms. The highest BCUT2D eigenvalue weighted by atomic mass is 19.4. The monoisotopic (exact) mass is 237 g/mol. The first-order chi connectivity index (χ1) is 7.26. The number of fused-ring (bicyclic) bond motifs is 1. The molecule has 0 aromatic carbocycles. The lowest BCUT2D eigenvalue weighted by Gasteiger charge is -2.23. The Labute approximate surface area is 91.5 Å². The second kappa shape index (κ2) is 3.28. The molecule has 2 fully saturated rings. The predicted molar refractivity (Wildman–Crippen MR) is 49.8 cm³/mol. The molecule has 6 heteroatoms. The van der Waals surface area contributed by atoms with E-state index in [1.807, 2.05) is 0 Å². The number of nitrogens with zero attached hydrogens (tertiary/aromatic N) is 1. The van der Waals surface area contributed by atoms with Gasteiger partial charge in [0.2, 0.25) is 0 Å². The predicted octanol–water partition coefficient (Wildman–Crippen LogP) is 2.42. The van der Waals surface area contributed by atoms with Crippen LogP contribution in [0.4, 0.5) is 18.0 Å². The van der Waals surface area contributed by atoms with Crippen LogP contribution in [0.25, 0.3) is 0 Å². The van der Waals surface area contributed by atoms with E-state index < -0.39 is 23.6 Å². The van der Waals surface area contributed by atoms with Gasteiger partial charge in [0.15, 0.2) is 0 Å². The zero-order chi connectivity index (χ0) is 12.1. The molecule has 1 heterocycles. The van der Waals surface area contributed by atoms with E-state index in [0.29, 0.717) is 0 Å². The molecule has 2 unspecified atom stereocenters. The second-order valence-corrected chi connectivity index (χ2v) is 4.87. The van der Waals surface area contributed by atoms with Crippen molar-refractivity contribution in [2.75, 3.05) is 13.1 Å². The van der Waals surface area contributed by atoms with E-state index in [2.05, 4.69) is 0 Å². The Morgan fingerprint density at radius 3 is 2.56 bits per heavy atom. The van der Waals surface area contributed by atoms with Crippen LogP contribution in [0.3, 0.4) is 0 Å². The first-order valence-electron chi connectivity index (χ1n) is 5.28. The molecule has 2 rings (SSSR count). The van der Waals surface area contributed by atoms with E-state index >= 15 is 0 Å². The molecule has 1 saturated carbocycles. The van der Waals surface area contributed by atoms with Gasteiger partial charge in [-0.2, -0.15) is 13.2 Å². The summed E-state index contributed by atoms with van der Waals surface area (Å²) in [6.07, 6.45) is -4.98. The van der Waals surface area contributed by atoms with Crippen molar-refractivity contribution in [2.45, 2.75) is 32.5 Å². The molecule has 1 aliphatic carbocycles. The third-order valence-corrected chi connectivity index (χ3v) is 3.31. The van der Waals surface area contributed by atoms with E-state index in [4.69, 9.17) is 4.74 Å². The highest BCUT2D eigenvalue weighted by Gasteiger charge is 2.74. The van der Waals surface area contributed by atoms with Crippen LogP contribution in [-0.2, 0) is 4.74 Å². The van der Waals surface area contributed by atoms with Crippen molar-refractivity contribution in [1.82, 2.24) is 4.90 Å². The van der Waals surface area contributed by atoms with Crippen molar-refractivity contribution in [3.63, 3.8) is 0 Å². The summed E-state index contributed by atoms with van der Waals surface area (Å²) in [6.45, 7) is 3.28. The number of hydrogen-bond donors (Lipinski definition) is 0. The maximum Gasteiger partial charge on any atom is 0.410 e. The largest absolute Gasteiger partial charge is 0.447 e. The van der Waals surface area contributed by atoms with Crippen molar-refractivity contribution in [1.29, 1.82) is 0 Å². The first kappa shape index (κ1) is 11.5. The molecular weight excluding hydrogens is 223 g/mol. The van der Waals surface area contributed by atoms with Gasteiger partial charge in [0, 0.05) is 13.1 Å². The van der Waals surface area contributed by atoms with Gasteiger partial charge in [-0.1, -0.05) is 0 Å². The number of carbonyl (C=O) groups is 1. The zero-order valence-corrected chi connectivity index (χ0v) is 9.17. The van der Waals surface area contributed by atoms with Gasteiger partial charge in [0.1, 0.15) is 0 Å². The quantitative estimate of drug-likeness (QED) is 0.701. The van der Waals surface area contributed by atoms with Gasteiger partial charge in [0.05, 0.1) is 11.5 Å². The van der Waals surface area contributed by atoms with Crippen LogP contribution < -0.4 is 0 Å². The van der Waals surface area contributed by atoms with Gasteiger partial charge < -0.3 is 9.64 Å². The van der Waals surface area contributed by atoms with Crippen LogP contribution >= 0.6 is 0 Å². The van der Waals surface area contributed by atoms with Crippen LogP contribution in [0.5, 0.6) is 0 Å². The Hall–Kier alpha value is -0.940. The Kier molecular flexibility index (Phi) is 2.36. The lowest BCUT2D eigenvalue weighted by molar-refractivity contribution is -0.187. The van der Waals surface area contributed by atoms with Crippen LogP contribution in [0.15, 0.2) is 0 Å². The highest BCUT2D eigenvalue weighted by molar-refractivity contribution is 5.68. The van der Waals surface area contributed by atoms with Gasteiger partial charge in [0.25, 0.3) is 0 Å². The maximum absolute atomic E-state index is 12.7. The average Bonchev–Trinajstić information content (AvgIpc) is 2.68. The van der Waals surface area contributed by atoms with Gasteiger partial charge in [-0.15, -0.1) is 0 Å². The molecule has 0 spiro atoms. The number of alkyl halides is 3. The van der Waals surface area contributed by atoms with Gasteiger partial charge in [-0.05, 0) is 26.2 Å². The molecule has 0 aromatic heterocycles. The summed E-state index contributed by atoms with van der Waals surface area (Å²) in [5.41, 5.74) is -1.64. The number of hydrogen-bond acceptors (Lipinski definition) is 2. The van der Waals surface area contributed by atoms with Gasteiger partial charge >= 0.3 is 12.3 Å². The van der Waals surface area contributed by atoms with Crippen LogP contribution in [0, 0.1) is 11.3 Å². The molecular formula is C10H14F3NO2. The van der Waals surface area contributed by atoms with Gasteiger partial charge in [-0.25, -0.2) is 4.79 Å². The van der Waals surface area contributed by atoms with Crippen molar-refractivity contribution < 1.29 is 22.7 Å². The number of amides is 1. The molecule has 3 nitrogen and oxygen atoms in total. The molecule has 1 aliphatic heterocycles. The minimum absolute atomic E-state index is 0.155. The normalized spacial score (nSPS) is 32.9. The second-order valence-electron chi connectivity index (χ2n) is 4.87. The summed E-state index contributed by atoms with van der Waals surface area (Å²) in [7, 11) is 0. The maximum atomic E-state index is 12.7. The number of piperidine rings is 1. The van der Waals surface area contributed by atoms with E-state index in [1.54, 1.807) is 13.8 Å². The average molecular weight is 237 g/mol. The number of halogens is 3. The third-order valence-electron chi connectivity index (χ3n) is 3.31. The number of likely N-dealkylation sites (tertiary alicyclic amines) is 1. The van der Waals surface area contributed by atoms with Crippen LogP contribution in [-0.4, -0.2) is 36.4 Å². The van der Waals surface area contributed by atoms with Crippen molar-refractivity contribution in [3.8, 4) is 0 Å². The number of ether oxygens (including phenoxy) is 1. The van der Waals surface area contributed by atoms with Gasteiger partial charge in [-0.3, -0.25) is 0 Å². The Bertz CT molecular complexity index is 316. The fourth-order valence-electron chi connectivity index (χ4n) is 2.34. The van der Waals surface area contributed by atoms with Crippen molar-refractivity contribution in [3.05, 3.63) is 0 Å². The van der Waals surface area contributed by atoms with E-state index in [9.17, 15) is 18.0 Å². The smallest absolute Gasteiger partial charge is 0.410 e. The van der Waals surface area contributed by atoms with Crippen molar-refractivity contribution >= 4 is 6.09 Å². The summed E-state index contributed by atoms with van der Waals surface area (Å²) in [5, 5.41) is 0. The molecule has 2 aliphatic rings. The Morgan fingerprint density at radius 1 is 1.50 bits per heavy atom.